The van der Waals surface area contributed by atoms with Crippen LogP contribution in [-0.2, 0) is 14.3 Å². The van der Waals surface area contributed by atoms with Gasteiger partial charge in [0.15, 0.2) is 0 Å². The summed E-state index contributed by atoms with van der Waals surface area (Å²) in [6, 6.07) is 0. The van der Waals surface area contributed by atoms with Gasteiger partial charge in [0.1, 0.15) is 0 Å². The predicted octanol–water partition coefficient (Wildman–Crippen LogP) is -0.892. The molecule has 0 saturated carbocycles. The molecule has 1 aliphatic rings. The highest BCUT2D eigenvalue weighted by atomic mass is 16.5. The summed E-state index contributed by atoms with van der Waals surface area (Å²) in [7, 11) is 3.32. The van der Waals surface area contributed by atoms with Crippen molar-refractivity contribution in [2.45, 2.75) is 0 Å². The van der Waals surface area contributed by atoms with Crippen LogP contribution in [0, 0.1) is 5.92 Å². The summed E-state index contributed by atoms with van der Waals surface area (Å²) in [4.78, 5) is 26.0. The Morgan fingerprint density at radius 2 is 2.25 bits per heavy atom. The fourth-order valence-corrected chi connectivity index (χ4v) is 1.77. The smallest absolute Gasteiger partial charge is 0.309 e. The Morgan fingerprint density at radius 1 is 1.56 bits per heavy atom. The van der Waals surface area contributed by atoms with Crippen LogP contribution in [0.1, 0.15) is 0 Å². The maximum Gasteiger partial charge on any atom is 0.309 e. The number of amides is 1. The lowest BCUT2D eigenvalue weighted by Gasteiger charge is -2.21. The van der Waals surface area contributed by atoms with E-state index in [2.05, 4.69) is 0 Å². The zero-order valence-corrected chi connectivity index (χ0v) is 9.68. The Bertz CT molecular complexity index is 270. The average molecular weight is 230 g/mol. The first kappa shape index (κ1) is 12.9. The van der Waals surface area contributed by atoms with Gasteiger partial charge in [0, 0.05) is 26.7 Å². The molecule has 1 saturated heterocycles. The minimum Gasteiger partial charge on any atom is -0.481 e. The molecule has 0 spiro atoms. The molecule has 1 heterocycles. The zero-order valence-electron chi connectivity index (χ0n) is 9.68. The average Bonchev–Trinajstić information content (AvgIpc) is 2.34. The Morgan fingerprint density at radius 3 is 2.81 bits per heavy atom. The Labute approximate surface area is 94.8 Å². The fourth-order valence-electron chi connectivity index (χ4n) is 1.77. The standard InChI is InChI=1S/C10H18N2O4/c1-11-5-8(10(14)15)6-12(3-4-16-2)9(13)7-11/h8H,3-7H2,1-2H3,(H,14,15). The summed E-state index contributed by atoms with van der Waals surface area (Å²) in [5.74, 6) is -1.42. The van der Waals surface area contributed by atoms with Crippen LogP contribution in [0.5, 0.6) is 0 Å². The highest BCUT2D eigenvalue weighted by Crippen LogP contribution is 2.09. The van der Waals surface area contributed by atoms with Crippen LogP contribution < -0.4 is 0 Å². The molecule has 1 unspecified atom stereocenters. The number of ether oxygens (including phenoxy) is 1. The van der Waals surface area contributed by atoms with Gasteiger partial charge >= 0.3 is 5.97 Å². The number of carboxylic acids is 1. The minimum atomic E-state index is -0.857. The van der Waals surface area contributed by atoms with Crippen molar-refractivity contribution in [3.05, 3.63) is 0 Å². The number of carbonyl (C=O) groups is 2. The van der Waals surface area contributed by atoms with Crippen molar-refractivity contribution in [1.82, 2.24) is 9.80 Å². The van der Waals surface area contributed by atoms with Crippen molar-refractivity contribution >= 4 is 11.9 Å². The van der Waals surface area contributed by atoms with E-state index in [1.54, 1.807) is 24.0 Å². The second kappa shape index (κ2) is 5.81. The van der Waals surface area contributed by atoms with Crippen LogP contribution in [0.2, 0.25) is 0 Å². The highest BCUT2D eigenvalue weighted by molar-refractivity contribution is 5.80. The molecule has 0 bridgehead atoms. The van der Waals surface area contributed by atoms with E-state index in [-0.39, 0.29) is 19.0 Å². The first-order valence-corrected chi connectivity index (χ1v) is 5.22. The molecule has 16 heavy (non-hydrogen) atoms. The Balaban J connectivity index is 2.66. The largest absolute Gasteiger partial charge is 0.481 e. The Kier molecular flexibility index (Phi) is 4.70. The lowest BCUT2D eigenvalue weighted by molar-refractivity contribution is -0.142. The molecule has 0 aromatic heterocycles. The van der Waals surface area contributed by atoms with Gasteiger partial charge in [-0.15, -0.1) is 0 Å². The van der Waals surface area contributed by atoms with E-state index in [0.717, 1.165) is 0 Å². The molecule has 6 heteroatoms. The van der Waals surface area contributed by atoms with Gasteiger partial charge in [0.05, 0.1) is 19.1 Å². The van der Waals surface area contributed by atoms with Crippen molar-refractivity contribution in [2.75, 3.05) is 46.9 Å². The Hall–Kier alpha value is -1.14. The molecule has 1 aliphatic heterocycles. The van der Waals surface area contributed by atoms with Crippen LogP contribution in [0.4, 0.5) is 0 Å². The van der Waals surface area contributed by atoms with Crippen LogP contribution >= 0.6 is 0 Å². The second-order valence-corrected chi connectivity index (χ2v) is 4.06. The van der Waals surface area contributed by atoms with Crippen molar-refractivity contribution in [3.63, 3.8) is 0 Å². The van der Waals surface area contributed by atoms with Gasteiger partial charge in [-0.1, -0.05) is 0 Å². The first-order chi connectivity index (χ1) is 7.54. The van der Waals surface area contributed by atoms with E-state index in [0.29, 0.717) is 19.7 Å². The van der Waals surface area contributed by atoms with E-state index in [1.165, 1.54) is 0 Å². The summed E-state index contributed by atoms with van der Waals surface area (Å²) in [5, 5.41) is 9.01. The van der Waals surface area contributed by atoms with Crippen molar-refractivity contribution < 1.29 is 19.4 Å². The van der Waals surface area contributed by atoms with E-state index < -0.39 is 11.9 Å². The molecule has 0 aromatic rings. The normalized spacial score (nSPS) is 23.2. The molecular formula is C10H18N2O4. The minimum absolute atomic E-state index is 0.0386. The van der Waals surface area contributed by atoms with Gasteiger partial charge in [-0.25, -0.2) is 0 Å². The molecule has 0 radical (unpaired) electrons. The topological polar surface area (TPSA) is 70.1 Å². The maximum absolute atomic E-state index is 11.7. The monoisotopic (exact) mass is 230 g/mol. The molecule has 0 aromatic carbocycles. The predicted molar refractivity (Wildman–Crippen MR) is 57.1 cm³/mol. The number of carboxylic acid groups (broad SMARTS) is 1. The van der Waals surface area contributed by atoms with Crippen LogP contribution in [0.15, 0.2) is 0 Å². The number of likely N-dealkylation sites (N-methyl/N-ethyl adjacent to an activating group) is 1. The van der Waals surface area contributed by atoms with Gasteiger partial charge in [-0.05, 0) is 7.05 Å². The van der Waals surface area contributed by atoms with E-state index in [4.69, 9.17) is 9.84 Å². The quantitative estimate of drug-likeness (QED) is 0.678. The molecule has 1 amide bonds. The fraction of sp³-hybridized carbons (Fsp3) is 0.800. The number of hydrogen-bond acceptors (Lipinski definition) is 4. The summed E-state index contributed by atoms with van der Waals surface area (Å²) in [6.45, 7) is 1.83. The van der Waals surface area contributed by atoms with Gasteiger partial charge < -0.3 is 14.7 Å². The molecule has 1 N–H and O–H groups in total. The van der Waals surface area contributed by atoms with E-state index in [1.807, 2.05) is 0 Å². The summed E-state index contributed by atoms with van der Waals surface area (Å²) >= 11 is 0. The number of carbonyl (C=O) groups excluding carboxylic acids is 1. The van der Waals surface area contributed by atoms with Crippen molar-refractivity contribution in [2.24, 2.45) is 5.92 Å². The van der Waals surface area contributed by atoms with Crippen LogP contribution in [-0.4, -0.2) is 73.7 Å². The van der Waals surface area contributed by atoms with E-state index >= 15 is 0 Å². The summed E-state index contributed by atoms with van der Waals surface area (Å²) in [6.07, 6.45) is 0. The highest BCUT2D eigenvalue weighted by Gasteiger charge is 2.29. The van der Waals surface area contributed by atoms with Crippen LogP contribution in [0.3, 0.4) is 0 Å². The number of aliphatic carboxylic acids is 1. The molecule has 1 fully saturated rings. The van der Waals surface area contributed by atoms with Gasteiger partial charge in [0.2, 0.25) is 5.91 Å². The van der Waals surface area contributed by atoms with Gasteiger partial charge in [0.25, 0.3) is 0 Å². The second-order valence-electron chi connectivity index (χ2n) is 4.06. The molecule has 6 nitrogen and oxygen atoms in total. The van der Waals surface area contributed by atoms with E-state index in [9.17, 15) is 9.59 Å². The third kappa shape index (κ3) is 3.46. The molecule has 0 aliphatic carbocycles. The molecular weight excluding hydrogens is 212 g/mol. The SMILES string of the molecule is COCCN1CC(C(=O)O)CN(C)CC1=O. The first-order valence-electron chi connectivity index (χ1n) is 5.22. The third-order valence-electron chi connectivity index (χ3n) is 2.65. The number of nitrogens with zero attached hydrogens (tertiary/aromatic N) is 2. The maximum atomic E-state index is 11.7. The lowest BCUT2D eigenvalue weighted by atomic mass is 10.1. The number of rotatable bonds is 4. The van der Waals surface area contributed by atoms with Gasteiger partial charge in [-0.2, -0.15) is 0 Å². The van der Waals surface area contributed by atoms with Crippen molar-refractivity contribution in [1.29, 1.82) is 0 Å². The summed E-state index contributed by atoms with van der Waals surface area (Å²) < 4.78 is 4.90. The zero-order chi connectivity index (χ0) is 12.1. The summed E-state index contributed by atoms with van der Waals surface area (Å²) in [5.41, 5.74) is 0. The molecule has 92 valence electrons. The number of hydrogen-bond donors (Lipinski definition) is 1. The third-order valence-corrected chi connectivity index (χ3v) is 2.65. The lowest BCUT2D eigenvalue weighted by Crippen LogP contribution is -2.39. The van der Waals surface area contributed by atoms with Crippen LogP contribution in [0.25, 0.3) is 0 Å². The molecule has 1 rings (SSSR count). The van der Waals surface area contributed by atoms with Crippen molar-refractivity contribution in [3.8, 4) is 0 Å². The molecule has 1 atom stereocenters. The number of methoxy groups -OCH3 is 1. The van der Waals surface area contributed by atoms with Gasteiger partial charge in [-0.3, -0.25) is 14.5 Å².